The highest BCUT2D eigenvalue weighted by Crippen LogP contribution is 2.33. The maximum atomic E-state index is 12.2. The van der Waals surface area contributed by atoms with Crippen LogP contribution in [0.2, 0.25) is 0 Å². The largest absolute Gasteiger partial charge is 0.353 e. The van der Waals surface area contributed by atoms with E-state index < -0.39 is 0 Å². The molecule has 2 fully saturated rings. The van der Waals surface area contributed by atoms with E-state index in [1.165, 1.54) is 25.7 Å². The minimum atomic E-state index is 0.0548. The summed E-state index contributed by atoms with van der Waals surface area (Å²) in [6.45, 7) is 2.12. The molecule has 3 heteroatoms. The second-order valence-electron chi connectivity index (χ2n) is 6.00. The van der Waals surface area contributed by atoms with Crippen LogP contribution in [0, 0.1) is 11.8 Å². The Morgan fingerprint density at radius 3 is 2.65 bits per heavy atom. The normalized spacial score (nSPS) is 31.6. The lowest BCUT2D eigenvalue weighted by Crippen LogP contribution is -2.44. The first-order valence-electron chi connectivity index (χ1n) is 7.22. The fourth-order valence-electron chi connectivity index (χ4n) is 2.92. The van der Waals surface area contributed by atoms with Crippen molar-refractivity contribution in [3.8, 4) is 0 Å². The Bertz CT molecular complexity index is 263. The van der Waals surface area contributed by atoms with Crippen molar-refractivity contribution >= 4 is 5.91 Å². The summed E-state index contributed by atoms with van der Waals surface area (Å²) in [4.78, 5) is 12.2. The number of rotatable bonds is 4. The van der Waals surface area contributed by atoms with Crippen molar-refractivity contribution in [3.05, 3.63) is 0 Å². The Labute approximate surface area is 105 Å². The predicted molar refractivity (Wildman–Crippen MR) is 69.5 cm³/mol. The molecule has 1 amide bonds. The molecule has 0 aromatic heterocycles. The maximum Gasteiger partial charge on any atom is 0.224 e. The fourth-order valence-corrected chi connectivity index (χ4v) is 2.92. The third kappa shape index (κ3) is 3.98. The molecule has 0 aromatic rings. The fraction of sp³-hybridized carbons (Fsp3) is 0.929. The lowest BCUT2D eigenvalue weighted by molar-refractivity contribution is -0.126. The number of amides is 1. The molecule has 2 aliphatic rings. The van der Waals surface area contributed by atoms with Crippen LogP contribution >= 0.6 is 0 Å². The second kappa shape index (κ2) is 5.85. The van der Waals surface area contributed by atoms with Crippen LogP contribution in [0.1, 0.15) is 58.3 Å². The van der Waals surface area contributed by atoms with Crippen LogP contribution in [0.25, 0.3) is 0 Å². The molecule has 2 aliphatic carbocycles. The Kier molecular flexibility index (Phi) is 4.43. The van der Waals surface area contributed by atoms with E-state index in [2.05, 4.69) is 12.2 Å². The van der Waals surface area contributed by atoms with Crippen molar-refractivity contribution in [1.82, 2.24) is 5.32 Å². The summed E-state index contributed by atoms with van der Waals surface area (Å²) in [6.07, 6.45) is 9.40. The van der Waals surface area contributed by atoms with Crippen molar-refractivity contribution < 1.29 is 4.79 Å². The lowest BCUT2D eigenvalue weighted by atomic mass is 9.94. The highest BCUT2D eigenvalue weighted by molar-refractivity contribution is 5.79. The summed E-state index contributed by atoms with van der Waals surface area (Å²) in [6, 6.07) is 0.399. The molecule has 2 saturated carbocycles. The van der Waals surface area contributed by atoms with Gasteiger partial charge < -0.3 is 11.1 Å². The average Bonchev–Trinajstić information content (AvgIpc) is 3.06. The first kappa shape index (κ1) is 12.9. The predicted octanol–water partition coefficient (Wildman–Crippen LogP) is 2.20. The highest BCUT2D eigenvalue weighted by atomic mass is 16.2. The lowest BCUT2D eigenvalue weighted by Gasteiger charge is -2.23. The molecule has 17 heavy (non-hydrogen) atoms. The summed E-state index contributed by atoms with van der Waals surface area (Å²) < 4.78 is 0. The van der Waals surface area contributed by atoms with Gasteiger partial charge in [-0.15, -0.1) is 0 Å². The first-order chi connectivity index (χ1) is 8.16. The van der Waals surface area contributed by atoms with Crippen molar-refractivity contribution in [1.29, 1.82) is 0 Å². The van der Waals surface area contributed by atoms with Gasteiger partial charge in [0.1, 0.15) is 0 Å². The topological polar surface area (TPSA) is 55.1 Å². The number of hydrogen-bond donors (Lipinski definition) is 2. The number of hydrogen-bond acceptors (Lipinski definition) is 2. The van der Waals surface area contributed by atoms with Crippen molar-refractivity contribution in [3.63, 3.8) is 0 Å². The zero-order valence-electron chi connectivity index (χ0n) is 11.0. The molecular weight excluding hydrogens is 212 g/mol. The van der Waals surface area contributed by atoms with Gasteiger partial charge in [-0.3, -0.25) is 4.79 Å². The van der Waals surface area contributed by atoms with Crippen molar-refractivity contribution in [2.45, 2.75) is 70.4 Å². The summed E-state index contributed by atoms with van der Waals surface area (Å²) in [5.74, 6) is 1.12. The van der Waals surface area contributed by atoms with E-state index in [4.69, 9.17) is 5.73 Å². The third-order valence-corrected chi connectivity index (χ3v) is 4.18. The molecule has 3 unspecified atom stereocenters. The zero-order valence-corrected chi connectivity index (χ0v) is 11.0. The number of carbonyl (C=O) groups is 1. The summed E-state index contributed by atoms with van der Waals surface area (Å²) >= 11 is 0. The second-order valence-corrected chi connectivity index (χ2v) is 6.00. The number of nitrogens with two attached hydrogens (primary N) is 1. The van der Waals surface area contributed by atoms with Gasteiger partial charge in [0.25, 0.3) is 0 Å². The molecule has 0 aromatic carbocycles. The molecule has 0 heterocycles. The SMILES string of the molecule is CC(CC1CC1)NC(=O)C1CCCCCC1N. The molecular formula is C14H26N2O. The van der Waals surface area contributed by atoms with Gasteiger partial charge in [0.15, 0.2) is 0 Å². The van der Waals surface area contributed by atoms with E-state index in [-0.39, 0.29) is 17.9 Å². The van der Waals surface area contributed by atoms with Crippen LogP contribution in [0.15, 0.2) is 0 Å². The summed E-state index contributed by atoms with van der Waals surface area (Å²) in [7, 11) is 0. The van der Waals surface area contributed by atoms with E-state index >= 15 is 0 Å². The molecule has 0 radical (unpaired) electrons. The molecule has 3 nitrogen and oxygen atoms in total. The minimum absolute atomic E-state index is 0.0548. The molecule has 0 aliphatic heterocycles. The van der Waals surface area contributed by atoms with Gasteiger partial charge in [-0.05, 0) is 32.1 Å². The maximum absolute atomic E-state index is 12.2. The van der Waals surface area contributed by atoms with Crippen LogP contribution in [0.4, 0.5) is 0 Å². The van der Waals surface area contributed by atoms with E-state index in [0.717, 1.165) is 31.6 Å². The van der Waals surface area contributed by atoms with Crippen molar-refractivity contribution in [2.75, 3.05) is 0 Å². The Morgan fingerprint density at radius 1 is 1.24 bits per heavy atom. The van der Waals surface area contributed by atoms with E-state index in [9.17, 15) is 4.79 Å². The Balaban J connectivity index is 1.79. The van der Waals surface area contributed by atoms with Crippen molar-refractivity contribution in [2.24, 2.45) is 17.6 Å². The van der Waals surface area contributed by atoms with Gasteiger partial charge in [0, 0.05) is 12.1 Å². The molecule has 3 atom stereocenters. The van der Waals surface area contributed by atoms with Crippen LogP contribution in [0.5, 0.6) is 0 Å². The highest BCUT2D eigenvalue weighted by Gasteiger charge is 2.29. The molecule has 0 bridgehead atoms. The number of carbonyl (C=O) groups excluding carboxylic acids is 1. The smallest absolute Gasteiger partial charge is 0.224 e. The Hall–Kier alpha value is -0.570. The van der Waals surface area contributed by atoms with Gasteiger partial charge in [0.2, 0.25) is 5.91 Å². The van der Waals surface area contributed by atoms with Gasteiger partial charge >= 0.3 is 0 Å². The molecule has 2 rings (SSSR count). The van der Waals surface area contributed by atoms with Crippen LogP contribution in [-0.2, 0) is 4.79 Å². The molecule has 3 N–H and O–H groups in total. The molecule has 0 spiro atoms. The first-order valence-corrected chi connectivity index (χ1v) is 7.22. The number of nitrogens with one attached hydrogen (secondary N) is 1. The van der Waals surface area contributed by atoms with Crippen LogP contribution < -0.4 is 11.1 Å². The summed E-state index contributed by atoms with van der Waals surface area (Å²) in [5, 5.41) is 3.16. The quantitative estimate of drug-likeness (QED) is 0.738. The monoisotopic (exact) mass is 238 g/mol. The zero-order chi connectivity index (χ0) is 12.3. The van der Waals surface area contributed by atoms with Gasteiger partial charge in [0.05, 0.1) is 5.92 Å². The van der Waals surface area contributed by atoms with Gasteiger partial charge in [-0.1, -0.05) is 32.1 Å². The minimum Gasteiger partial charge on any atom is -0.353 e. The molecule has 98 valence electrons. The Morgan fingerprint density at radius 2 is 1.94 bits per heavy atom. The van der Waals surface area contributed by atoms with Gasteiger partial charge in [-0.25, -0.2) is 0 Å². The molecule has 0 saturated heterocycles. The van der Waals surface area contributed by atoms with Gasteiger partial charge in [-0.2, -0.15) is 0 Å². The summed E-state index contributed by atoms with van der Waals surface area (Å²) in [5.41, 5.74) is 6.11. The van der Waals surface area contributed by atoms with E-state index in [1.807, 2.05) is 0 Å². The average molecular weight is 238 g/mol. The standard InChI is InChI=1S/C14H26N2O/c1-10(9-11-7-8-11)16-14(17)12-5-3-2-4-6-13(12)15/h10-13H,2-9,15H2,1H3,(H,16,17). The van der Waals surface area contributed by atoms with E-state index in [0.29, 0.717) is 6.04 Å². The van der Waals surface area contributed by atoms with E-state index in [1.54, 1.807) is 0 Å². The van der Waals surface area contributed by atoms with Crippen LogP contribution in [-0.4, -0.2) is 18.0 Å². The third-order valence-electron chi connectivity index (χ3n) is 4.18. The van der Waals surface area contributed by atoms with Crippen LogP contribution in [0.3, 0.4) is 0 Å².